The molecule has 3 unspecified atom stereocenters. The van der Waals surface area contributed by atoms with Crippen molar-refractivity contribution in [1.82, 2.24) is 4.90 Å². The highest BCUT2D eigenvalue weighted by atomic mass is 32.2. The van der Waals surface area contributed by atoms with E-state index in [2.05, 4.69) is 20.8 Å². The Morgan fingerprint density at radius 3 is 2.37 bits per heavy atom. The van der Waals surface area contributed by atoms with Gasteiger partial charge in [0.2, 0.25) is 0 Å². The standard InChI is InChI=1S/C21H31NO4S/c1-21(2,3)16-8-10-17(11-9-16)27(25,26)13-12-22-18-7-5-4-6-15(18)14-19(22)20(23)24/h8-11,15,18-19H,4-7,12-14H2,1-3H3,(H,23,24). The first-order valence-corrected chi connectivity index (χ1v) is 11.6. The molecule has 2 aliphatic rings. The Bertz CT molecular complexity index is 779. The van der Waals surface area contributed by atoms with Gasteiger partial charge in [-0.1, -0.05) is 45.7 Å². The Balaban J connectivity index is 1.73. The van der Waals surface area contributed by atoms with Crippen molar-refractivity contribution in [1.29, 1.82) is 0 Å². The Kier molecular flexibility index (Phi) is 5.69. The molecule has 1 aliphatic carbocycles. The van der Waals surface area contributed by atoms with Crippen molar-refractivity contribution in [2.45, 2.75) is 75.3 Å². The molecule has 0 spiro atoms. The third-order valence-electron chi connectivity index (χ3n) is 6.20. The summed E-state index contributed by atoms with van der Waals surface area (Å²) in [5.74, 6) is -0.459. The van der Waals surface area contributed by atoms with Gasteiger partial charge in [0.25, 0.3) is 0 Å². The largest absolute Gasteiger partial charge is 0.480 e. The number of hydrogen-bond acceptors (Lipinski definition) is 4. The molecule has 3 atom stereocenters. The number of likely N-dealkylation sites (tertiary alicyclic amines) is 1. The first-order chi connectivity index (χ1) is 12.6. The summed E-state index contributed by atoms with van der Waals surface area (Å²) in [5.41, 5.74) is 1.07. The van der Waals surface area contributed by atoms with Gasteiger partial charge in [-0.3, -0.25) is 9.69 Å². The second-order valence-electron chi connectivity index (χ2n) is 9.03. The Morgan fingerprint density at radius 1 is 1.15 bits per heavy atom. The van der Waals surface area contributed by atoms with Crippen molar-refractivity contribution in [3.8, 4) is 0 Å². The van der Waals surface area contributed by atoms with E-state index in [0.717, 1.165) is 31.2 Å². The lowest BCUT2D eigenvalue weighted by atomic mass is 9.85. The average Bonchev–Trinajstić information content (AvgIpc) is 2.98. The molecule has 0 amide bonds. The van der Waals surface area contributed by atoms with Gasteiger partial charge in [0.1, 0.15) is 6.04 Å². The fraction of sp³-hybridized carbons (Fsp3) is 0.667. The SMILES string of the molecule is CC(C)(C)c1ccc(S(=O)(=O)CCN2C(C(=O)O)CC3CCCCC32)cc1. The van der Waals surface area contributed by atoms with Crippen molar-refractivity contribution in [2.75, 3.05) is 12.3 Å². The lowest BCUT2D eigenvalue weighted by Crippen LogP contribution is -2.44. The van der Waals surface area contributed by atoms with Crippen LogP contribution < -0.4 is 0 Å². The molecule has 1 saturated heterocycles. The first kappa shape index (κ1) is 20.3. The summed E-state index contributed by atoms with van der Waals surface area (Å²) in [5, 5.41) is 9.59. The molecule has 1 N–H and O–H groups in total. The maximum Gasteiger partial charge on any atom is 0.320 e. The van der Waals surface area contributed by atoms with E-state index >= 15 is 0 Å². The van der Waals surface area contributed by atoms with E-state index in [1.54, 1.807) is 12.1 Å². The van der Waals surface area contributed by atoms with Gasteiger partial charge in [-0.15, -0.1) is 0 Å². The number of fused-ring (bicyclic) bond motifs is 1. The zero-order chi connectivity index (χ0) is 19.8. The third kappa shape index (κ3) is 4.37. The number of carboxylic acids is 1. The molecule has 150 valence electrons. The maximum atomic E-state index is 12.8. The predicted octanol–water partition coefficient (Wildman–Crippen LogP) is 3.48. The number of sulfone groups is 1. The molecule has 5 nitrogen and oxygen atoms in total. The molecule has 27 heavy (non-hydrogen) atoms. The van der Waals surface area contributed by atoms with Crippen molar-refractivity contribution in [3.63, 3.8) is 0 Å². The lowest BCUT2D eigenvalue weighted by Gasteiger charge is -2.32. The van der Waals surface area contributed by atoms with E-state index in [4.69, 9.17) is 0 Å². The summed E-state index contributed by atoms with van der Waals surface area (Å²) < 4.78 is 25.6. The highest BCUT2D eigenvalue weighted by Crippen LogP contribution is 2.39. The van der Waals surface area contributed by atoms with Gasteiger partial charge in [-0.05, 0) is 48.3 Å². The minimum Gasteiger partial charge on any atom is -0.480 e. The number of benzene rings is 1. The number of nitrogens with zero attached hydrogens (tertiary/aromatic N) is 1. The highest BCUT2D eigenvalue weighted by molar-refractivity contribution is 7.91. The second-order valence-corrected chi connectivity index (χ2v) is 11.1. The van der Waals surface area contributed by atoms with Gasteiger partial charge in [0.05, 0.1) is 10.6 Å². The van der Waals surface area contributed by atoms with E-state index in [-0.39, 0.29) is 17.2 Å². The van der Waals surface area contributed by atoms with Gasteiger partial charge in [-0.2, -0.15) is 0 Å². The molecule has 2 fully saturated rings. The van der Waals surface area contributed by atoms with Crippen molar-refractivity contribution >= 4 is 15.8 Å². The molecule has 1 aromatic rings. The average molecular weight is 394 g/mol. The number of aliphatic carboxylic acids is 1. The summed E-state index contributed by atoms with van der Waals surface area (Å²) in [6, 6.07) is 6.78. The van der Waals surface area contributed by atoms with Crippen LogP contribution in [0.3, 0.4) is 0 Å². The Labute approximate surface area is 162 Å². The van der Waals surface area contributed by atoms with Gasteiger partial charge >= 0.3 is 5.97 Å². The molecular weight excluding hydrogens is 362 g/mol. The fourth-order valence-electron chi connectivity index (χ4n) is 4.62. The quantitative estimate of drug-likeness (QED) is 0.829. The maximum absolute atomic E-state index is 12.8. The van der Waals surface area contributed by atoms with Crippen LogP contribution in [-0.4, -0.2) is 48.8 Å². The van der Waals surface area contributed by atoms with E-state index in [9.17, 15) is 18.3 Å². The van der Waals surface area contributed by atoms with Crippen molar-refractivity contribution in [2.24, 2.45) is 5.92 Å². The lowest BCUT2D eigenvalue weighted by molar-refractivity contribution is -0.142. The summed E-state index contributed by atoms with van der Waals surface area (Å²) >= 11 is 0. The van der Waals surface area contributed by atoms with Gasteiger partial charge in [0.15, 0.2) is 9.84 Å². The molecular formula is C21H31NO4S. The number of carbonyl (C=O) groups is 1. The summed E-state index contributed by atoms with van der Waals surface area (Å²) in [6.07, 6.45) is 4.95. The van der Waals surface area contributed by atoms with Crippen LogP contribution in [0.2, 0.25) is 0 Å². The minimum absolute atomic E-state index is 0.0253. The fourth-order valence-corrected chi connectivity index (χ4v) is 5.86. The van der Waals surface area contributed by atoms with E-state index in [1.165, 1.54) is 0 Å². The monoisotopic (exact) mass is 393 g/mol. The normalized spacial score (nSPS) is 26.7. The molecule has 1 aromatic carbocycles. The number of carboxylic acid groups (broad SMARTS) is 1. The molecule has 1 heterocycles. The van der Waals surface area contributed by atoms with Crippen molar-refractivity contribution in [3.05, 3.63) is 29.8 Å². The van der Waals surface area contributed by atoms with Crippen LogP contribution in [0, 0.1) is 5.92 Å². The van der Waals surface area contributed by atoms with Crippen LogP contribution >= 0.6 is 0 Å². The predicted molar refractivity (Wildman–Crippen MR) is 106 cm³/mol. The zero-order valence-corrected chi connectivity index (χ0v) is 17.3. The summed E-state index contributed by atoms with van der Waals surface area (Å²) in [4.78, 5) is 14.0. The van der Waals surface area contributed by atoms with E-state index in [1.807, 2.05) is 17.0 Å². The Hall–Kier alpha value is -1.40. The van der Waals surface area contributed by atoms with Gasteiger partial charge in [-0.25, -0.2) is 8.42 Å². The van der Waals surface area contributed by atoms with Crippen LogP contribution in [0.25, 0.3) is 0 Å². The number of rotatable bonds is 5. The minimum atomic E-state index is -3.43. The zero-order valence-electron chi connectivity index (χ0n) is 16.5. The third-order valence-corrected chi connectivity index (χ3v) is 7.91. The molecule has 3 rings (SSSR count). The van der Waals surface area contributed by atoms with Crippen LogP contribution in [0.4, 0.5) is 0 Å². The van der Waals surface area contributed by atoms with Crippen LogP contribution in [-0.2, 0) is 20.0 Å². The van der Waals surface area contributed by atoms with Crippen LogP contribution in [0.15, 0.2) is 29.2 Å². The topological polar surface area (TPSA) is 74.7 Å². The van der Waals surface area contributed by atoms with E-state index < -0.39 is 21.8 Å². The second kappa shape index (κ2) is 7.55. The summed E-state index contributed by atoms with van der Waals surface area (Å²) in [7, 11) is -3.43. The van der Waals surface area contributed by atoms with Gasteiger partial charge in [0, 0.05) is 12.6 Å². The van der Waals surface area contributed by atoms with Crippen molar-refractivity contribution < 1.29 is 18.3 Å². The molecule has 0 bridgehead atoms. The molecule has 0 radical (unpaired) electrons. The first-order valence-electron chi connectivity index (χ1n) is 9.91. The highest BCUT2D eigenvalue weighted by Gasteiger charge is 2.45. The van der Waals surface area contributed by atoms with E-state index in [0.29, 0.717) is 23.8 Å². The smallest absolute Gasteiger partial charge is 0.320 e. The Morgan fingerprint density at radius 2 is 1.78 bits per heavy atom. The van der Waals surface area contributed by atoms with Gasteiger partial charge < -0.3 is 5.11 Å². The molecule has 0 aromatic heterocycles. The molecule has 1 saturated carbocycles. The van der Waals surface area contributed by atoms with Crippen LogP contribution in [0.1, 0.15) is 58.4 Å². The molecule has 6 heteroatoms. The summed E-state index contributed by atoms with van der Waals surface area (Å²) in [6.45, 7) is 6.57. The van der Waals surface area contributed by atoms with Crippen LogP contribution in [0.5, 0.6) is 0 Å². The number of hydrogen-bond donors (Lipinski definition) is 1. The molecule has 1 aliphatic heterocycles.